The minimum Gasteiger partial charge on any atom is -1.00 e. The van der Waals surface area contributed by atoms with Crippen LogP contribution in [0.1, 0.15) is 76.2 Å². The number of aromatic hydroxyl groups is 1. The maximum Gasteiger partial charge on any atom is 0.183 e. The van der Waals surface area contributed by atoms with Gasteiger partial charge in [0.05, 0.1) is 37.1 Å². The summed E-state index contributed by atoms with van der Waals surface area (Å²) >= 11 is 5.93. The molecule has 0 aromatic heterocycles. The number of halogens is 2. The van der Waals surface area contributed by atoms with Gasteiger partial charge in [-0.05, 0) is 55.3 Å². The summed E-state index contributed by atoms with van der Waals surface area (Å²) in [5.41, 5.74) is 2.29. The molecule has 1 N–H and O–H groups in total. The number of rotatable bonds is 7. The molecule has 5 nitrogen and oxygen atoms in total. The van der Waals surface area contributed by atoms with Crippen LogP contribution in [0.25, 0.3) is 0 Å². The van der Waals surface area contributed by atoms with E-state index in [0.29, 0.717) is 34.6 Å². The van der Waals surface area contributed by atoms with Gasteiger partial charge in [0.2, 0.25) is 0 Å². The van der Waals surface area contributed by atoms with E-state index >= 15 is 0 Å². The Morgan fingerprint density at radius 3 is 1.94 bits per heavy atom. The highest BCUT2D eigenvalue weighted by Gasteiger charge is 2.21. The first-order chi connectivity index (χ1) is 16.4. The number of hydrogen-bond donors (Lipinski definition) is 1. The van der Waals surface area contributed by atoms with Gasteiger partial charge in [0.15, 0.2) is 6.73 Å². The first kappa shape index (κ1) is 29.6. The minimum atomic E-state index is 0. The fourth-order valence-electron chi connectivity index (χ4n) is 4.49. The van der Waals surface area contributed by atoms with Crippen molar-refractivity contribution in [3.63, 3.8) is 0 Å². The number of phenolic OH excluding ortho intramolecular Hbond substituents is 1. The molecule has 0 aliphatic heterocycles. The fourth-order valence-corrected chi connectivity index (χ4v) is 4.62. The molecule has 1 aliphatic rings. The number of nitrogens with zero attached hydrogens (tertiary/aromatic N) is 3. The van der Waals surface area contributed by atoms with Crippen LogP contribution < -0.4 is 12.4 Å². The molecular formula is C28H41Cl2N3O2. The molecule has 0 heterocycles. The Morgan fingerprint density at radius 1 is 0.829 bits per heavy atom. The third-order valence-corrected chi connectivity index (χ3v) is 6.73. The predicted molar refractivity (Wildman–Crippen MR) is 140 cm³/mol. The second-order valence-electron chi connectivity index (χ2n) is 10.3. The number of benzene rings is 2. The summed E-state index contributed by atoms with van der Waals surface area (Å²) in [7, 11) is 4.30. The molecule has 3 rings (SSSR count). The Balaban J connectivity index is 0.00000432. The zero-order chi connectivity index (χ0) is 24.2. The molecule has 0 unspecified atom stereocenters. The standard InChI is InChI=1S/C28H40ClN3O2.ClH/c1-32(2,22-34-27-12-10-8-6-4-3-5-7-9-11-13-27)21-23-20-26(18-19-28(23)33)31-30-25-16-14-24(29)15-17-25;/h14-20,27H,3-13,21-22H2,1-2H3;1H. The van der Waals surface area contributed by atoms with Crippen LogP contribution in [0, 0.1) is 0 Å². The first-order valence-corrected chi connectivity index (χ1v) is 13.2. The van der Waals surface area contributed by atoms with Gasteiger partial charge < -0.3 is 26.7 Å². The fraction of sp³-hybridized carbons (Fsp3) is 0.571. The normalized spacial score (nSPS) is 16.9. The molecule has 0 saturated heterocycles. The molecule has 0 bridgehead atoms. The average molecular weight is 523 g/mol. The van der Waals surface area contributed by atoms with Gasteiger partial charge in [-0.3, -0.25) is 0 Å². The molecule has 0 amide bonds. The number of hydrogen-bond acceptors (Lipinski definition) is 4. The Labute approximate surface area is 222 Å². The topological polar surface area (TPSA) is 54.2 Å². The second kappa shape index (κ2) is 15.5. The number of azo groups is 1. The summed E-state index contributed by atoms with van der Waals surface area (Å²) in [5, 5.41) is 19.8. The van der Waals surface area contributed by atoms with Crippen LogP contribution in [0.2, 0.25) is 5.02 Å². The highest BCUT2D eigenvalue weighted by molar-refractivity contribution is 6.30. The zero-order valence-electron chi connectivity index (χ0n) is 21.3. The van der Waals surface area contributed by atoms with Crippen LogP contribution in [0.3, 0.4) is 0 Å². The van der Waals surface area contributed by atoms with Gasteiger partial charge in [0, 0.05) is 5.02 Å². The third kappa shape index (κ3) is 11.3. The molecule has 194 valence electrons. The number of ether oxygens (including phenoxy) is 1. The van der Waals surface area contributed by atoms with Crippen LogP contribution >= 0.6 is 11.6 Å². The highest BCUT2D eigenvalue weighted by atomic mass is 35.5. The van der Waals surface area contributed by atoms with E-state index in [4.69, 9.17) is 16.3 Å². The Kier molecular flexibility index (Phi) is 13.1. The van der Waals surface area contributed by atoms with E-state index in [-0.39, 0.29) is 18.2 Å². The van der Waals surface area contributed by atoms with E-state index in [1.54, 1.807) is 24.3 Å². The van der Waals surface area contributed by atoms with E-state index < -0.39 is 0 Å². The lowest BCUT2D eigenvalue weighted by atomic mass is 9.99. The zero-order valence-corrected chi connectivity index (χ0v) is 22.8. The van der Waals surface area contributed by atoms with Crippen LogP contribution in [0.5, 0.6) is 5.75 Å². The Hall–Kier alpha value is -1.66. The first-order valence-electron chi connectivity index (χ1n) is 12.8. The molecule has 2 aromatic carbocycles. The van der Waals surface area contributed by atoms with Gasteiger partial charge in [-0.15, -0.1) is 0 Å². The minimum absolute atomic E-state index is 0. The van der Waals surface area contributed by atoms with Crippen molar-refractivity contribution in [3.8, 4) is 5.75 Å². The van der Waals surface area contributed by atoms with Crippen molar-refractivity contribution >= 4 is 23.0 Å². The number of quaternary nitrogens is 1. The summed E-state index contributed by atoms with van der Waals surface area (Å²) in [6.07, 6.45) is 14.7. The Morgan fingerprint density at radius 2 is 1.34 bits per heavy atom. The van der Waals surface area contributed by atoms with Crippen molar-refractivity contribution < 1.29 is 26.7 Å². The molecule has 35 heavy (non-hydrogen) atoms. The maximum atomic E-state index is 10.5. The second-order valence-corrected chi connectivity index (χ2v) is 10.7. The molecule has 1 fully saturated rings. The lowest BCUT2D eigenvalue weighted by molar-refractivity contribution is -0.923. The number of phenols is 1. The SMILES string of the molecule is C[N+](C)(COC1CCCCCCCCCCC1)Cc1cc(N=Nc2ccc(Cl)cc2)ccc1O.[Cl-]. The van der Waals surface area contributed by atoms with E-state index in [1.807, 2.05) is 18.2 Å². The largest absolute Gasteiger partial charge is 1.00 e. The van der Waals surface area contributed by atoms with Gasteiger partial charge in [0.1, 0.15) is 12.3 Å². The summed E-state index contributed by atoms with van der Waals surface area (Å²) in [6, 6.07) is 12.6. The molecule has 1 saturated carbocycles. The lowest BCUT2D eigenvalue weighted by Gasteiger charge is -2.32. The smallest absolute Gasteiger partial charge is 0.183 e. The molecule has 7 heteroatoms. The molecule has 0 radical (unpaired) electrons. The average Bonchev–Trinajstić information content (AvgIpc) is 2.80. The van der Waals surface area contributed by atoms with E-state index in [0.717, 1.165) is 24.1 Å². The highest BCUT2D eigenvalue weighted by Crippen LogP contribution is 2.28. The summed E-state index contributed by atoms with van der Waals surface area (Å²) in [5.74, 6) is 0.280. The van der Waals surface area contributed by atoms with Crippen molar-refractivity contribution in [2.24, 2.45) is 10.2 Å². The van der Waals surface area contributed by atoms with Gasteiger partial charge >= 0.3 is 0 Å². The van der Waals surface area contributed by atoms with Gasteiger partial charge in [-0.1, -0.05) is 69.4 Å². The Bertz CT molecular complexity index is 892. The van der Waals surface area contributed by atoms with Gasteiger partial charge in [0.25, 0.3) is 0 Å². The maximum absolute atomic E-state index is 10.5. The van der Waals surface area contributed by atoms with Crippen molar-refractivity contribution in [2.75, 3.05) is 20.8 Å². The van der Waals surface area contributed by atoms with E-state index in [9.17, 15) is 5.11 Å². The molecule has 0 spiro atoms. The molecular weight excluding hydrogens is 481 g/mol. The predicted octanol–water partition coefficient (Wildman–Crippen LogP) is 5.69. The third-order valence-electron chi connectivity index (χ3n) is 6.48. The van der Waals surface area contributed by atoms with E-state index in [1.165, 1.54) is 57.8 Å². The lowest BCUT2D eigenvalue weighted by Crippen LogP contribution is -3.00. The van der Waals surface area contributed by atoms with Crippen LogP contribution in [0.15, 0.2) is 52.7 Å². The summed E-state index contributed by atoms with van der Waals surface area (Å²) in [4.78, 5) is 0. The van der Waals surface area contributed by atoms with Crippen molar-refractivity contribution in [1.82, 2.24) is 0 Å². The van der Waals surface area contributed by atoms with Gasteiger partial charge in [-0.2, -0.15) is 10.2 Å². The van der Waals surface area contributed by atoms with Crippen LogP contribution in [-0.2, 0) is 11.3 Å². The van der Waals surface area contributed by atoms with Crippen molar-refractivity contribution in [3.05, 3.63) is 53.1 Å². The molecule has 2 aromatic rings. The van der Waals surface area contributed by atoms with E-state index in [2.05, 4.69) is 24.3 Å². The monoisotopic (exact) mass is 521 g/mol. The van der Waals surface area contributed by atoms with Crippen LogP contribution in [-0.4, -0.2) is 36.5 Å². The molecule has 0 atom stereocenters. The van der Waals surface area contributed by atoms with Gasteiger partial charge in [-0.25, -0.2) is 0 Å². The quantitative estimate of drug-likeness (QED) is 0.289. The van der Waals surface area contributed by atoms with Crippen LogP contribution in [0.4, 0.5) is 11.4 Å². The summed E-state index contributed by atoms with van der Waals surface area (Å²) < 4.78 is 7.09. The summed E-state index contributed by atoms with van der Waals surface area (Å²) in [6.45, 7) is 1.28. The molecule has 1 aliphatic carbocycles. The van der Waals surface area contributed by atoms with Crippen molar-refractivity contribution in [1.29, 1.82) is 0 Å². The van der Waals surface area contributed by atoms with Crippen molar-refractivity contribution in [2.45, 2.75) is 83.3 Å².